The monoisotopic (exact) mass is 394 g/mol. The van der Waals surface area contributed by atoms with Gasteiger partial charge in [-0.05, 0) is 56.4 Å². The maximum absolute atomic E-state index is 12.6. The highest BCUT2D eigenvalue weighted by atomic mass is 79.9. The Morgan fingerprint density at radius 2 is 2.08 bits per heavy atom. The van der Waals surface area contributed by atoms with Crippen LogP contribution in [0.2, 0.25) is 0 Å². The Kier molecular flexibility index (Phi) is 6.84. The molecule has 0 spiro atoms. The van der Waals surface area contributed by atoms with E-state index in [1.54, 1.807) is 11.8 Å². The molecule has 1 heterocycles. The van der Waals surface area contributed by atoms with Crippen LogP contribution in [-0.4, -0.2) is 35.8 Å². The number of carbonyl (C=O) groups excluding carboxylic acids is 2. The maximum Gasteiger partial charge on any atom is 0.224 e. The number of piperidine rings is 1. The number of hydrogen-bond donors (Lipinski definition) is 0. The second-order valence-electron chi connectivity index (χ2n) is 6.50. The van der Waals surface area contributed by atoms with Crippen LogP contribution in [0.3, 0.4) is 0 Å². The van der Waals surface area contributed by atoms with Gasteiger partial charge in [0.1, 0.15) is 0 Å². The first-order chi connectivity index (χ1) is 11.4. The third kappa shape index (κ3) is 4.59. The number of aryl methyl sites for hydroxylation is 1. The molecular weight excluding hydrogens is 368 g/mol. The average molecular weight is 395 g/mol. The van der Waals surface area contributed by atoms with Crippen molar-refractivity contribution in [3.05, 3.63) is 28.2 Å². The summed E-state index contributed by atoms with van der Waals surface area (Å²) in [6, 6.07) is 6.21. The number of benzene rings is 1. The molecular formula is C19H27BrN2O2. The fraction of sp³-hybridized carbons (Fsp3) is 0.579. The minimum absolute atomic E-state index is 0.0322. The van der Waals surface area contributed by atoms with Crippen LogP contribution in [0.1, 0.15) is 51.5 Å². The van der Waals surface area contributed by atoms with Crippen molar-refractivity contribution in [1.82, 2.24) is 4.90 Å². The SMILES string of the molecule is CCC1CCCCN1C(=O)CCN(C(C)=O)c1ccc(Br)c(C)c1. The van der Waals surface area contributed by atoms with Crippen LogP contribution < -0.4 is 4.90 Å². The molecule has 0 saturated carbocycles. The minimum atomic E-state index is -0.0322. The third-order valence-electron chi connectivity index (χ3n) is 4.80. The summed E-state index contributed by atoms with van der Waals surface area (Å²) in [6.07, 6.45) is 4.79. The number of hydrogen-bond acceptors (Lipinski definition) is 2. The standard InChI is InChI=1S/C19H27BrN2O2/c1-4-16-7-5-6-11-22(16)19(24)10-12-21(15(3)23)17-8-9-18(20)14(2)13-17/h8-9,13,16H,4-7,10-12H2,1-3H3. The van der Waals surface area contributed by atoms with Crippen molar-refractivity contribution in [1.29, 1.82) is 0 Å². The van der Waals surface area contributed by atoms with Gasteiger partial charge in [0, 0.05) is 42.6 Å². The molecule has 132 valence electrons. The van der Waals surface area contributed by atoms with E-state index in [1.165, 1.54) is 6.42 Å². The molecule has 2 amide bonds. The first-order valence-corrected chi connectivity index (χ1v) is 9.57. The smallest absolute Gasteiger partial charge is 0.224 e. The molecule has 0 aliphatic carbocycles. The number of anilines is 1. The van der Waals surface area contributed by atoms with Gasteiger partial charge in [-0.3, -0.25) is 9.59 Å². The summed E-state index contributed by atoms with van der Waals surface area (Å²) in [5.41, 5.74) is 1.92. The van der Waals surface area contributed by atoms with Gasteiger partial charge < -0.3 is 9.80 Å². The van der Waals surface area contributed by atoms with Crippen molar-refractivity contribution in [2.75, 3.05) is 18.0 Å². The Balaban J connectivity index is 2.04. The zero-order valence-corrected chi connectivity index (χ0v) is 16.4. The molecule has 0 bridgehead atoms. The second-order valence-corrected chi connectivity index (χ2v) is 7.35. The molecule has 2 rings (SSSR count). The Morgan fingerprint density at radius 3 is 2.71 bits per heavy atom. The molecule has 1 aromatic rings. The fourth-order valence-electron chi connectivity index (χ4n) is 3.37. The zero-order valence-electron chi connectivity index (χ0n) is 14.8. The van der Waals surface area contributed by atoms with E-state index in [9.17, 15) is 9.59 Å². The Hall–Kier alpha value is -1.36. The lowest BCUT2D eigenvalue weighted by molar-refractivity contribution is -0.134. The molecule has 1 fully saturated rings. The summed E-state index contributed by atoms with van der Waals surface area (Å²) in [4.78, 5) is 28.4. The van der Waals surface area contributed by atoms with E-state index >= 15 is 0 Å². The fourth-order valence-corrected chi connectivity index (χ4v) is 3.62. The van der Waals surface area contributed by atoms with E-state index in [2.05, 4.69) is 22.9 Å². The summed E-state index contributed by atoms with van der Waals surface area (Å²) in [6.45, 7) is 6.98. The van der Waals surface area contributed by atoms with E-state index in [-0.39, 0.29) is 11.8 Å². The molecule has 0 aromatic heterocycles. The van der Waals surface area contributed by atoms with Gasteiger partial charge >= 0.3 is 0 Å². The predicted molar refractivity (Wildman–Crippen MR) is 101 cm³/mol. The predicted octanol–water partition coefficient (Wildman–Crippen LogP) is 4.29. The summed E-state index contributed by atoms with van der Waals surface area (Å²) in [5.74, 6) is 0.136. The molecule has 5 heteroatoms. The van der Waals surface area contributed by atoms with E-state index in [0.29, 0.717) is 19.0 Å². The molecule has 0 radical (unpaired) electrons. The van der Waals surface area contributed by atoms with Gasteiger partial charge in [-0.15, -0.1) is 0 Å². The second kappa shape index (κ2) is 8.65. The van der Waals surface area contributed by atoms with Crippen LogP contribution in [0.5, 0.6) is 0 Å². The van der Waals surface area contributed by atoms with Gasteiger partial charge in [-0.2, -0.15) is 0 Å². The van der Waals surface area contributed by atoms with Crippen molar-refractivity contribution in [2.24, 2.45) is 0 Å². The molecule has 1 aromatic carbocycles. The van der Waals surface area contributed by atoms with Gasteiger partial charge in [-0.1, -0.05) is 22.9 Å². The number of rotatable bonds is 5. The average Bonchev–Trinajstić information content (AvgIpc) is 2.57. The quantitative estimate of drug-likeness (QED) is 0.746. The largest absolute Gasteiger partial charge is 0.340 e. The highest BCUT2D eigenvalue weighted by Crippen LogP contribution is 2.24. The first-order valence-electron chi connectivity index (χ1n) is 8.77. The van der Waals surface area contributed by atoms with Crippen LogP contribution in [0.4, 0.5) is 5.69 Å². The lowest BCUT2D eigenvalue weighted by Crippen LogP contribution is -2.44. The van der Waals surface area contributed by atoms with E-state index in [4.69, 9.17) is 0 Å². The molecule has 1 aliphatic heterocycles. The van der Waals surface area contributed by atoms with Gasteiger partial charge in [0.15, 0.2) is 0 Å². The van der Waals surface area contributed by atoms with E-state index < -0.39 is 0 Å². The van der Waals surface area contributed by atoms with Crippen LogP contribution in [0.15, 0.2) is 22.7 Å². The van der Waals surface area contributed by atoms with Crippen molar-refractivity contribution < 1.29 is 9.59 Å². The van der Waals surface area contributed by atoms with Crippen molar-refractivity contribution in [3.8, 4) is 0 Å². The Labute approximate surface area is 153 Å². The maximum atomic E-state index is 12.6. The number of halogens is 1. The van der Waals surface area contributed by atoms with Gasteiger partial charge in [-0.25, -0.2) is 0 Å². The van der Waals surface area contributed by atoms with Crippen LogP contribution in [0, 0.1) is 6.92 Å². The minimum Gasteiger partial charge on any atom is -0.340 e. The van der Waals surface area contributed by atoms with Gasteiger partial charge in [0.25, 0.3) is 0 Å². The lowest BCUT2D eigenvalue weighted by Gasteiger charge is -2.36. The highest BCUT2D eigenvalue weighted by Gasteiger charge is 2.25. The van der Waals surface area contributed by atoms with Crippen molar-refractivity contribution in [3.63, 3.8) is 0 Å². The molecule has 1 atom stereocenters. The van der Waals surface area contributed by atoms with E-state index in [0.717, 1.165) is 41.5 Å². The normalized spacial score (nSPS) is 17.7. The molecule has 1 unspecified atom stereocenters. The summed E-state index contributed by atoms with van der Waals surface area (Å²) in [7, 11) is 0. The molecule has 1 aliphatic rings. The molecule has 0 N–H and O–H groups in total. The number of nitrogens with zero attached hydrogens (tertiary/aromatic N) is 2. The first kappa shape index (κ1) is 19.0. The van der Waals surface area contributed by atoms with Gasteiger partial charge in [0.2, 0.25) is 11.8 Å². The van der Waals surface area contributed by atoms with Crippen LogP contribution in [-0.2, 0) is 9.59 Å². The third-order valence-corrected chi connectivity index (χ3v) is 5.69. The van der Waals surface area contributed by atoms with E-state index in [1.807, 2.05) is 30.0 Å². The molecule has 4 nitrogen and oxygen atoms in total. The van der Waals surface area contributed by atoms with Crippen LogP contribution in [0.25, 0.3) is 0 Å². The number of likely N-dealkylation sites (tertiary alicyclic amines) is 1. The summed E-state index contributed by atoms with van der Waals surface area (Å²) < 4.78 is 1.02. The van der Waals surface area contributed by atoms with Gasteiger partial charge in [0.05, 0.1) is 0 Å². The topological polar surface area (TPSA) is 40.6 Å². The number of amides is 2. The summed E-state index contributed by atoms with van der Waals surface area (Å²) in [5, 5.41) is 0. The molecule has 1 saturated heterocycles. The van der Waals surface area contributed by atoms with Crippen molar-refractivity contribution in [2.45, 2.75) is 58.9 Å². The lowest BCUT2D eigenvalue weighted by atomic mass is 9.99. The summed E-state index contributed by atoms with van der Waals surface area (Å²) >= 11 is 3.48. The zero-order chi connectivity index (χ0) is 17.7. The Bertz CT molecular complexity index is 603. The Morgan fingerprint density at radius 1 is 1.33 bits per heavy atom. The van der Waals surface area contributed by atoms with Crippen molar-refractivity contribution >= 4 is 33.4 Å². The highest BCUT2D eigenvalue weighted by molar-refractivity contribution is 9.10. The molecule has 24 heavy (non-hydrogen) atoms. The number of carbonyl (C=O) groups is 2. The van der Waals surface area contributed by atoms with Crippen LogP contribution >= 0.6 is 15.9 Å².